The van der Waals surface area contributed by atoms with Crippen LogP contribution in [0.2, 0.25) is 0 Å². The maximum atomic E-state index is 5.56. The number of rotatable bonds is 0. The second kappa shape index (κ2) is 2.16. The van der Waals surface area contributed by atoms with Crippen LogP contribution in [-0.2, 0) is 0 Å². The van der Waals surface area contributed by atoms with Crippen molar-refractivity contribution in [3.05, 3.63) is 12.7 Å². The van der Waals surface area contributed by atoms with Gasteiger partial charge < -0.3 is 5.73 Å². The first-order valence-electron chi connectivity index (χ1n) is 2.88. The molecule has 0 radical (unpaired) electrons. The molecule has 0 atom stereocenters. The van der Waals surface area contributed by atoms with E-state index in [4.69, 9.17) is 5.73 Å². The highest BCUT2D eigenvalue weighted by Crippen LogP contribution is 2.16. The summed E-state index contributed by atoms with van der Waals surface area (Å²) >= 11 is 3.21. The second-order valence-electron chi connectivity index (χ2n) is 1.99. The zero-order chi connectivity index (χ0) is 7.84. The highest BCUT2D eigenvalue weighted by Gasteiger charge is 2.04. The van der Waals surface area contributed by atoms with Crippen LogP contribution in [0.4, 0.5) is 5.82 Å². The zero-order valence-electron chi connectivity index (χ0n) is 5.40. The lowest BCUT2D eigenvalue weighted by Crippen LogP contribution is -1.93. The molecular weight excluding hydrogens is 210 g/mol. The van der Waals surface area contributed by atoms with E-state index in [-0.39, 0.29) is 0 Å². The molecule has 2 aromatic heterocycles. The van der Waals surface area contributed by atoms with Gasteiger partial charge in [0.1, 0.15) is 18.2 Å². The number of nitrogens with zero attached hydrogens (tertiary/aromatic N) is 4. The van der Waals surface area contributed by atoms with Gasteiger partial charge in [-0.15, -0.1) is 0 Å². The van der Waals surface area contributed by atoms with E-state index in [9.17, 15) is 0 Å². The monoisotopic (exact) mass is 213 g/mol. The Morgan fingerprint density at radius 1 is 1.36 bits per heavy atom. The Bertz CT molecular complexity index is 395. The summed E-state index contributed by atoms with van der Waals surface area (Å²) in [6, 6.07) is 0. The Balaban J connectivity index is 2.96. The molecule has 2 heterocycles. The van der Waals surface area contributed by atoms with E-state index in [1.165, 1.54) is 6.33 Å². The standard InChI is InChI=1S/C5H4BrN5/c6-11-2-10-5-3(11)4(7)8-1-9-5/h1-2H,(H2,7,8,9). The van der Waals surface area contributed by atoms with Gasteiger partial charge in [0.2, 0.25) is 0 Å². The van der Waals surface area contributed by atoms with Gasteiger partial charge in [-0.2, -0.15) is 0 Å². The first-order valence-corrected chi connectivity index (χ1v) is 3.59. The van der Waals surface area contributed by atoms with Gasteiger partial charge in [0.15, 0.2) is 11.5 Å². The van der Waals surface area contributed by atoms with Crippen molar-refractivity contribution in [2.75, 3.05) is 5.73 Å². The quantitative estimate of drug-likeness (QED) is 0.695. The number of halogens is 1. The Kier molecular flexibility index (Phi) is 1.28. The number of imidazole rings is 1. The summed E-state index contributed by atoms with van der Waals surface area (Å²) in [5, 5.41) is 0. The molecule has 0 saturated carbocycles. The third-order valence-electron chi connectivity index (χ3n) is 1.33. The molecule has 0 bridgehead atoms. The first kappa shape index (κ1) is 6.53. The normalized spacial score (nSPS) is 10.6. The lowest BCUT2D eigenvalue weighted by molar-refractivity contribution is 1.21. The molecule has 2 aromatic rings. The van der Waals surface area contributed by atoms with Crippen molar-refractivity contribution in [1.29, 1.82) is 0 Å². The van der Waals surface area contributed by atoms with Crippen molar-refractivity contribution >= 4 is 33.1 Å². The van der Waals surface area contributed by atoms with Crippen LogP contribution in [0.15, 0.2) is 12.7 Å². The maximum Gasteiger partial charge on any atom is 0.183 e. The number of fused-ring (bicyclic) bond motifs is 1. The van der Waals surface area contributed by atoms with Crippen molar-refractivity contribution in [3.63, 3.8) is 0 Å². The molecule has 5 nitrogen and oxygen atoms in total. The fourth-order valence-electron chi connectivity index (χ4n) is 0.845. The van der Waals surface area contributed by atoms with Gasteiger partial charge in [-0.3, -0.25) is 3.59 Å². The highest BCUT2D eigenvalue weighted by atomic mass is 79.9. The summed E-state index contributed by atoms with van der Waals surface area (Å²) in [6.45, 7) is 0. The summed E-state index contributed by atoms with van der Waals surface area (Å²) in [5.74, 6) is 0.421. The van der Waals surface area contributed by atoms with E-state index in [2.05, 4.69) is 31.1 Å². The van der Waals surface area contributed by atoms with Crippen molar-refractivity contribution in [2.45, 2.75) is 0 Å². The molecule has 2 rings (SSSR count). The summed E-state index contributed by atoms with van der Waals surface area (Å²) in [4.78, 5) is 11.7. The minimum Gasteiger partial charge on any atom is -0.382 e. The number of hydrogen-bond acceptors (Lipinski definition) is 4. The van der Waals surface area contributed by atoms with Gasteiger partial charge in [-0.05, 0) is 0 Å². The lowest BCUT2D eigenvalue weighted by atomic mass is 10.5. The predicted octanol–water partition coefficient (Wildman–Crippen LogP) is 0.567. The first-order chi connectivity index (χ1) is 5.29. The molecule has 0 unspecified atom stereocenters. The lowest BCUT2D eigenvalue weighted by Gasteiger charge is -1.93. The van der Waals surface area contributed by atoms with E-state index in [1.807, 2.05) is 0 Å². The Morgan fingerprint density at radius 3 is 2.91 bits per heavy atom. The van der Waals surface area contributed by atoms with Gasteiger partial charge in [0, 0.05) is 0 Å². The topological polar surface area (TPSA) is 69.6 Å². The molecule has 0 spiro atoms. The summed E-state index contributed by atoms with van der Waals surface area (Å²) in [7, 11) is 0. The third kappa shape index (κ3) is 0.864. The molecule has 11 heavy (non-hydrogen) atoms. The molecule has 0 aliphatic heterocycles. The van der Waals surface area contributed by atoms with Gasteiger partial charge in [-0.1, -0.05) is 0 Å². The van der Waals surface area contributed by atoms with Gasteiger partial charge in [0.05, 0.1) is 16.1 Å². The van der Waals surface area contributed by atoms with Crippen LogP contribution in [0.3, 0.4) is 0 Å². The Hall–Kier alpha value is -1.17. The smallest absolute Gasteiger partial charge is 0.183 e. The predicted molar refractivity (Wildman–Crippen MR) is 44.1 cm³/mol. The molecule has 6 heteroatoms. The van der Waals surface area contributed by atoms with Crippen LogP contribution in [0.5, 0.6) is 0 Å². The average Bonchev–Trinajstić information content (AvgIpc) is 2.34. The minimum atomic E-state index is 0.421. The molecule has 0 aromatic carbocycles. The molecular formula is C5H4BrN5. The summed E-state index contributed by atoms with van der Waals surface area (Å²) in [6.07, 6.45) is 2.97. The van der Waals surface area contributed by atoms with E-state index in [1.54, 1.807) is 9.92 Å². The van der Waals surface area contributed by atoms with E-state index in [0.29, 0.717) is 17.0 Å². The number of anilines is 1. The summed E-state index contributed by atoms with van der Waals surface area (Å²) < 4.78 is 1.61. The van der Waals surface area contributed by atoms with Crippen LogP contribution in [0, 0.1) is 0 Å². The van der Waals surface area contributed by atoms with Crippen LogP contribution in [-0.4, -0.2) is 18.5 Å². The highest BCUT2D eigenvalue weighted by molar-refractivity contribution is 9.08. The molecule has 0 aliphatic rings. The average molecular weight is 214 g/mol. The van der Waals surface area contributed by atoms with Crippen molar-refractivity contribution < 1.29 is 0 Å². The largest absolute Gasteiger partial charge is 0.382 e. The minimum absolute atomic E-state index is 0.421. The Morgan fingerprint density at radius 2 is 2.18 bits per heavy atom. The van der Waals surface area contributed by atoms with Crippen molar-refractivity contribution in [3.8, 4) is 0 Å². The number of aromatic nitrogens is 4. The van der Waals surface area contributed by atoms with Gasteiger partial charge in [-0.25, -0.2) is 15.0 Å². The fraction of sp³-hybridized carbons (Fsp3) is 0. The zero-order valence-corrected chi connectivity index (χ0v) is 6.98. The molecule has 0 aliphatic carbocycles. The number of hydrogen-bond donors (Lipinski definition) is 1. The fourth-order valence-corrected chi connectivity index (χ4v) is 1.28. The van der Waals surface area contributed by atoms with Crippen molar-refractivity contribution in [1.82, 2.24) is 18.5 Å². The molecule has 2 N–H and O–H groups in total. The SMILES string of the molecule is Nc1ncnc2ncn(Br)c12. The van der Waals surface area contributed by atoms with E-state index >= 15 is 0 Å². The molecule has 0 saturated heterocycles. The molecule has 0 amide bonds. The Labute approximate surface area is 70.6 Å². The number of nitrogen functional groups attached to an aromatic ring is 1. The molecule has 0 fully saturated rings. The van der Waals surface area contributed by atoms with Gasteiger partial charge >= 0.3 is 0 Å². The van der Waals surface area contributed by atoms with Crippen LogP contribution >= 0.6 is 16.1 Å². The maximum absolute atomic E-state index is 5.56. The van der Waals surface area contributed by atoms with Crippen LogP contribution in [0.25, 0.3) is 11.2 Å². The third-order valence-corrected chi connectivity index (χ3v) is 1.86. The van der Waals surface area contributed by atoms with Crippen molar-refractivity contribution in [2.24, 2.45) is 0 Å². The van der Waals surface area contributed by atoms with Gasteiger partial charge in [0.25, 0.3) is 0 Å². The number of nitrogens with two attached hydrogens (primary N) is 1. The van der Waals surface area contributed by atoms with Crippen LogP contribution < -0.4 is 5.73 Å². The second-order valence-corrected chi connectivity index (χ2v) is 2.75. The molecule has 56 valence electrons. The van der Waals surface area contributed by atoms with E-state index in [0.717, 1.165) is 0 Å². The summed E-state index contributed by atoms with van der Waals surface area (Å²) in [5.41, 5.74) is 6.85. The van der Waals surface area contributed by atoms with E-state index < -0.39 is 0 Å². The van der Waals surface area contributed by atoms with Crippen LogP contribution in [0.1, 0.15) is 0 Å².